The first kappa shape index (κ1) is 29.4. The maximum atomic E-state index is 10.3. The molecular formula is C12H18O16. The normalized spacial score (nSPS) is 10.3. The van der Waals surface area contributed by atoms with Gasteiger partial charge in [0.05, 0.1) is 25.7 Å². The monoisotopic (exact) mass is 418 g/mol. The first-order chi connectivity index (χ1) is 12.6. The van der Waals surface area contributed by atoms with E-state index in [4.69, 9.17) is 51.4 Å². The Hall–Kier alpha value is -3.34. The van der Waals surface area contributed by atoms with Crippen LogP contribution in [0.3, 0.4) is 0 Å². The van der Waals surface area contributed by atoms with Gasteiger partial charge >= 0.3 is 35.8 Å². The fourth-order valence-corrected chi connectivity index (χ4v) is 1.43. The van der Waals surface area contributed by atoms with Crippen LogP contribution in [0.15, 0.2) is 0 Å². The highest BCUT2D eigenvalue weighted by atomic mass is 17.0. The van der Waals surface area contributed by atoms with Gasteiger partial charge in [0.2, 0.25) is 0 Å². The van der Waals surface area contributed by atoms with E-state index in [1.165, 1.54) is 0 Å². The quantitative estimate of drug-likeness (QED) is 0.130. The Labute approximate surface area is 154 Å². The highest BCUT2D eigenvalue weighted by Crippen LogP contribution is 2.16. The van der Waals surface area contributed by atoms with E-state index in [-0.39, 0.29) is 0 Å². The van der Waals surface area contributed by atoms with E-state index in [0.717, 1.165) is 0 Å². The van der Waals surface area contributed by atoms with E-state index in [2.05, 4.69) is 0 Å². The van der Waals surface area contributed by atoms with Crippen LogP contribution in [0.1, 0.15) is 25.7 Å². The second kappa shape index (κ2) is 12.9. The third-order valence-corrected chi connectivity index (χ3v) is 2.57. The Morgan fingerprint density at radius 3 is 0.679 bits per heavy atom. The summed E-state index contributed by atoms with van der Waals surface area (Å²) in [5.74, 6) is -10.0. The molecule has 0 fully saturated rings. The molecule has 0 aromatic heterocycles. The van der Waals surface area contributed by atoms with Gasteiger partial charge in [-0.3, -0.25) is 29.7 Å². The molecule has 0 radical (unpaired) electrons. The van der Waals surface area contributed by atoms with Gasteiger partial charge in [0.15, 0.2) is 11.2 Å². The molecule has 16 nitrogen and oxygen atoms in total. The Bertz CT molecular complexity index is 508. The van der Waals surface area contributed by atoms with Gasteiger partial charge in [-0.2, -0.15) is 0 Å². The van der Waals surface area contributed by atoms with Crippen molar-refractivity contribution in [3.63, 3.8) is 0 Å². The molecule has 0 aromatic rings. The molecule has 0 aliphatic rings. The van der Waals surface area contributed by atoms with Gasteiger partial charge in [0.25, 0.3) is 0 Å². The molecule has 0 saturated carbocycles. The molecular weight excluding hydrogens is 400 g/mol. The number of aliphatic carboxylic acids is 6. The molecule has 0 atom stereocenters. The maximum absolute atomic E-state index is 10.3. The Morgan fingerprint density at radius 2 is 0.607 bits per heavy atom. The molecule has 0 heterocycles. The summed E-state index contributed by atoms with van der Waals surface area (Å²) >= 11 is 0. The Balaban J connectivity index is -0.000000410. The van der Waals surface area contributed by atoms with Crippen LogP contribution >= 0.6 is 0 Å². The molecule has 0 spiro atoms. The van der Waals surface area contributed by atoms with Gasteiger partial charge < -0.3 is 40.9 Å². The number of carboxylic acid groups (broad SMARTS) is 6. The third-order valence-electron chi connectivity index (χ3n) is 2.57. The zero-order valence-corrected chi connectivity index (χ0v) is 13.8. The van der Waals surface area contributed by atoms with Crippen molar-refractivity contribution in [3.8, 4) is 0 Å². The fourth-order valence-electron chi connectivity index (χ4n) is 1.43. The highest BCUT2D eigenvalue weighted by molar-refractivity contribution is 5.88. The molecule has 162 valence electrons. The van der Waals surface area contributed by atoms with Crippen LogP contribution in [0.25, 0.3) is 0 Å². The van der Waals surface area contributed by atoms with Crippen molar-refractivity contribution in [3.05, 3.63) is 0 Å². The van der Waals surface area contributed by atoms with Crippen molar-refractivity contribution in [2.24, 2.45) is 0 Å². The van der Waals surface area contributed by atoms with Gasteiger partial charge in [-0.05, 0) is 0 Å². The van der Waals surface area contributed by atoms with Crippen molar-refractivity contribution in [2.45, 2.75) is 36.9 Å². The van der Waals surface area contributed by atoms with Crippen LogP contribution in [0, 0.1) is 0 Å². The molecule has 0 aliphatic carbocycles. The van der Waals surface area contributed by atoms with Gasteiger partial charge in [-0.1, -0.05) is 0 Å². The summed E-state index contributed by atoms with van der Waals surface area (Å²) in [6.07, 6.45) is -4.58. The van der Waals surface area contributed by atoms with Crippen molar-refractivity contribution in [1.29, 1.82) is 0 Å². The molecule has 0 rings (SSSR count). The fraction of sp³-hybridized carbons (Fsp3) is 0.500. The minimum absolute atomic E-state index is 1.14. The standard InChI is InChI=1S/2C6H8O7.H2O2/c2*7-3(8)1-6(13,5(11)12)2-4(9)10;1-2/h2*13H,1-2H2,(H,7,8)(H,9,10)(H,11,12);1-2H. The lowest BCUT2D eigenvalue weighted by molar-refractivity contribution is -0.176. The molecule has 0 amide bonds. The first-order valence-corrected chi connectivity index (χ1v) is 6.54. The van der Waals surface area contributed by atoms with E-state index in [0.29, 0.717) is 0 Å². The average Bonchev–Trinajstić information content (AvgIpc) is 2.46. The molecule has 16 heteroatoms. The number of carbonyl (C=O) groups is 6. The van der Waals surface area contributed by atoms with Crippen LogP contribution in [0.5, 0.6) is 0 Å². The van der Waals surface area contributed by atoms with Gasteiger partial charge in [0.1, 0.15) is 0 Å². The van der Waals surface area contributed by atoms with Crippen LogP contribution in [0.4, 0.5) is 0 Å². The number of carboxylic acids is 6. The van der Waals surface area contributed by atoms with Crippen molar-refractivity contribution in [1.82, 2.24) is 0 Å². The third kappa shape index (κ3) is 12.9. The topological polar surface area (TPSA) is 305 Å². The second-order valence-corrected chi connectivity index (χ2v) is 4.96. The average molecular weight is 418 g/mol. The number of aliphatic hydroxyl groups is 2. The van der Waals surface area contributed by atoms with Crippen LogP contribution in [0.2, 0.25) is 0 Å². The first-order valence-electron chi connectivity index (χ1n) is 6.54. The maximum Gasteiger partial charge on any atom is 0.336 e. The minimum Gasteiger partial charge on any atom is -0.481 e. The zero-order chi connectivity index (χ0) is 23.3. The number of hydrogen-bond acceptors (Lipinski definition) is 10. The number of rotatable bonds is 10. The zero-order valence-electron chi connectivity index (χ0n) is 13.8. The Morgan fingerprint density at radius 1 is 0.464 bits per heavy atom. The predicted octanol–water partition coefficient (Wildman–Crippen LogP) is -2.48. The van der Waals surface area contributed by atoms with Gasteiger partial charge in [-0.15, -0.1) is 0 Å². The molecule has 10 N–H and O–H groups in total. The van der Waals surface area contributed by atoms with E-state index in [9.17, 15) is 28.8 Å². The Kier molecular flexibility index (Phi) is 13.6. The lowest BCUT2D eigenvalue weighted by atomic mass is 9.96. The second-order valence-electron chi connectivity index (χ2n) is 4.96. The molecule has 0 saturated heterocycles. The van der Waals surface area contributed by atoms with E-state index < -0.39 is 72.7 Å². The lowest BCUT2D eigenvalue weighted by Crippen LogP contribution is -2.42. The SMILES string of the molecule is O=C(O)CC(O)(CC(=O)O)C(=O)O.O=C(O)CC(O)(CC(=O)O)C(=O)O.OO. The molecule has 28 heavy (non-hydrogen) atoms. The van der Waals surface area contributed by atoms with Gasteiger partial charge in [-0.25, -0.2) is 9.59 Å². The molecule has 0 bridgehead atoms. The van der Waals surface area contributed by atoms with E-state index in [1.54, 1.807) is 0 Å². The van der Waals surface area contributed by atoms with E-state index in [1.807, 2.05) is 0 Å². The van der Waals surface area contributed by atoms with Crippen molar-refractivity contribution < 1.29 is 80.1 Å². The molecule has 0 unspecified atom stereocenters. The van der Waals surface area contributed by atoms with Crippen molar-refractivity contribution in [2.75, 3.05) is 0 Å². The summed E-state index contributed by atoms with van der Waals surface area (Å²) in [6.45, 7) is 0. The smallest absolute Gasteiger partial charge is 0.336 e. The van der Waals surface area contributed by atoms with Crippen LogP contribution in [-0.4, -0.2) is 98.4 Å². The number of hydrogen-bond donors (Lipinski definition) is 10. The van der Waals surface area contributed by atoms with Gasteiger partial charge in [0, 0.05) is 0 Å². The summed E-state index contributed by atoms with van der Waals surface area (Å²) in [6, 6.07) is 0. The molecule has 0 aliphatic heterocycles. The largest absolute Gasteiger partial charge is 0.481 e. The predicted molar refractivity (Wildman–Crippen MR) is 79.4 cm³/mol. The summed E-state index contributed by atoms with van der Waals surface area (Å²) in [5.41, 5.74) is -5.48. The summed E-state index contributed by atoms with van der Waals surface area (Å²) in [4.78, 5) is 61.0. The summed E-state index contributed by atoms with van der Waals surface area (Å²) in [7, 11) is 0. The highest BCUT2D eigenvalue weighted by Gasteiger charge is 2.41. The molecule has 0 aromatic carbocycles. The lowest BCUT2D eigenvalue weighted by Gasteiger charge is -2.18. The summed E-state index contributed by atoms with van der Waals surface area (Å²) in [5, 5.41) is 79.6. The summed E-state index contributed by atoms with van der Waals surface area (Å²) < 4.78 is 0. The van der Waals surface area contributed by atoms with Crippen LogP contribution < -0.4 is 0 Å². The van der Waals surface area contributed by atoms with Crippen LogP contribution in [-0.2, 0) is 28.8 Å². The van der Waals surface area contributed by atoms with E-state index >= 15 is 0 Å². The van der Waals surface area contributed by atoms with Crippen molar-refractivity contribution >= 4 is 35.8 Å². The minimum atomic E-state index is -2.74.